The quantitative estimate of drug-likeness (QED) is 0.219. The van der Waals surface area contributed by atoms with Gasteiger partial charge >= 0.3 is 0 Å². The standard InChI is InChI=1S/C22H31N3O3.HI/c1-17(28-21-13-6-5-12-20(21)27-4)16-25-22(23-2)24-14-8-10-18-9-7-11-19(15-18)26-3;/h5-7,9,11-13,15,17H,8,10,14,16H2,1-4H3,(H2,23,24,25);1H. The maximum Gasteiger partial charge on any atom is 0.191 e. The molecule has 29 heavy (non-hydrogen) atoms. The van der Waals surface area contributed by atoms with E-state index in [0.29, 0.717) is 6.54 Å². The fraction of sp³-hybridized carbons (Fsp3) is 0.409. The van der Waals surface area contributed by atoms with Crippen LogP contribution >= 0.6 is 24.0 Å². The van der Waals surface area contributed by atoms with Gasteiger partial charge in [-0.25, -0.2) is 0 Å². The van der Waals surface area contributed by atoms with Gasteiger partial charge in [-0.05, 0) is 49.6 Å². The summed E-state index contributed by atoms with van der Waals surface area (Å²) in [4.78, 5) is 4.27. The molecule has 0 saturated heterocycles. The first kappa shape index (κ1) is 24.9. The van der Waals surface area contributed by atoms with Crippen LogP contribution in [0.3, 0.4) is 0 Å². The minimum Gasteiger partial charge on any atom is -0.497 e. The average Bonchev–Trinajstić information content (AvgIpc) is 2.73. The molecule has 0 saturated carbocycles. The summed E-state index contributed by atoms with van der Waals surface area (Å²) in [5.74, 6) is 3.13. The Balaban J connectivity index is 0.00000420. The molecule has 160 valence electrons. The molecule has 0 aromatic heterocycles. The molecule has 0 aliphatic rings. The first-order valence-corrected chi connectivity index (χ1v) is 9.53. The highest BCUT2D eigenvalue weighted by Gasteiger charge is 2.09. The highest BCUT2D eigenvalue weighted by atomic mass is 127. The van der Waals surface area contributed by atoms with Gasteiger partial charge in [-0.2, -0.15) is 0 Å². The third-order valence-corrected chi connectivity index (χ3v) is 4.25. The number of guanidine groups is 1. The Morgan fingerprint density at radius 1 is 1.00 bits per heavy atom. The number of ether oxygens (including phenoxy) is 3. The second kappa shape index (κ2) is 13.9. The van der Waals surface area contributed by atoms with Crippen LogP contribution in [0.5, 0.6) is 17.2 Å². The highest BCUT2D eigenvalue weighted by molar-refractivity contribution is 14.0. The second-order valence-electron chi connectivity index (χ2n) is 6.41. The van der Waals surface area contributed by atoms with Crippen molar-refractivity contribution in [3.8, 4) is 17.2 Å². The third kappa shape index (κ3) is 8.81. The van der Waals surface area contributed by atoms with E-state index in [2.05, 4.69) is 27.8 Å². The molecule has 2 aromatic carbocycles. The fourth-order valence-electron chi connectivity index (χ4n) is 2.76. The van der Waals surface area contributed by atoms with Gasteiger partial charge in [0.05, 0.1) is 20.8 Å². The van der Waals surface area contributed by atoms with Crippen LogP contribution in [0.25, 0.3) is 0 Å². The summed E-state index contributed by atoms with van der Waals surface area (Å²) < 4.78 is 16.5. The Kier molecular flexibility index (Phi) is 11.9. The van der Waals surface area contributed by atoms with Crippen LogP contribution in [0.2, 0.25) is 0 Å². The minimum absolute atomic E-state index is 0. The summed E-state index contributed by atoms with van der Waals surface area (Å²) in [6.07, 6.45) is 1.95. The molecule has 2 aromatic rings. The molecule has 0 bridgehead atoms. The van der Waals surface area contributed by atoms with Crippen LogP contribution < -0.4 is 24.8 Å². The lowest BCUT2D eigenvalue weighted by molar-refractivity contribution is 0.213. The van der Waals surface area contributed by atoms with Gasteiger partial charge in [-0.15, -0.1) is 24.0 Å². The Labute approximate surface area is 191 Å². The lowest BCUT2D eigenvalue weighted by atomic mass is 10.1. The number of nitrogens with one attached hydrogen (secondary N) is 2. The second-order valence-corrected chi connectivity index (χ2v) is 6.41. The third-order valence-electron chi connectivity index (χ3n) is 4.25. The Hall–Kier alpha value is -2.16. The van der Waals surface area contributed by atoms with E-state index in [4.69, 9.17) is 14.2 Å². The molecule has 1 atom stereocenters. The van der Waals surface area contributed by atoms with E-state index in [1.165, 1.54) is 5.56 Å². The molecule has 6 nitrogen and oxygen atoms in total. The lowest BCUT2D eigenvalue weighted by Crippen LogP contribution is -2.42. The van der Waals surface area contributed by atoms with E-state index >= 15 is 0 Å². The molecule has 1 unspecified atom stereocenters. The summed E-state index contributed by atoms with van der Waals surface area (Å²) in [6, 6.07) is 15.8. The van der Waals surface area contributed by atoms with E-state index < -0.39 is 0 Å². The van der Waals surface area contributed by atoms with Gasteiger partial charge in [0.15, 0.2) is 17.5 Å². The van der Waals surface area contributed by atoms with E-state index in [-0.39, 0.29) is 30.1 Å². The van der Waals surface area contributed by atoms with Crippen LogP contribution in [-0.2, 0) is 6.42 Å². The summed E-state index contributed by atoms with van der Waals surface area (Å²) in [7, 11) is 5.10. The average molecular weight is 513 g/mol. The van der Waals surface area contributed by atoms with Gasteiger partial charge in [-0.1, -0.05) is 24.3 Å². The minimum atomic E-state index is -0.0355. The van der Waals surface area contributed by atoms with Crippen molar-refractivity contribution in [2.75, 3.05) is 34.4 Å². The number of aryl methyl sites for hydroxylation is 1. The van der Waals surface area contributed by atoms with Crippen LogP contribution in [-0.4, -0.2) is 46.4 Å². The van der Waals surface area contributed by atoms with E-state index in [9.17, 15) is 0 Å². The van der Waals surface area contributed by atoms with Crippen LogP contribution in [0.1, 0.15) is 18.9 Å². The number of hydrogen-bond acceptors (Lipinski definition) is 4. The van der Waals surface area contributed by atoms with Gasteiger partial charge in [0.2, 0.25) is 0 Å². The van der Waals surface area contributed by atoms with E-state index in [1.54, 1.807) is 21.3 Å². The van der Waals surface area contributed by atoms with Crippen molar-refractivity contribution in [3.05, 3.63) is 54.1 Å². The molecule has 0 heterocycles. The molecule has 0 fully saturated rings. The van der Waals surface area contributed by atoms with Crippen molar-refractivity contribution >= 4 is 29.9 Å². The first-order chi connectivity index (χ1) is 13.7. The molecule has 0 radical (unpaired) electrons. The van der Waals surface area contributed by atoms with Crippen molar-refractivity contribution in [3.63, 3.8) is 0 Å². The molecule has 0 spiro atoms. The Bertz CT molecular complexity index is 756. The number of methoxy groups -OCH3 is 2. The SMILES string of the molecule is CN=C(NCCCc1cccc(OC)c1)NCC(C)Oc1ccccc1OC.I. The van der Waals surface area contributed by atoms with Gasteiger partial charge < -0.3 is 24.8 Å². The normalized spacial score (nSPS) is 11.8. The molecular weight excluding hydrogens is 481 g/mol. The van der Waals surface area contributed by atoms with Gasteiger partial charge in [0.1, 0.15) is 11.9 Å². The van der Waals surface area contributed by atoms with Crippen LogP contribution in [0.15, 0.2) is 53.5 Å². The molecule has 0 aliphatic heterocycles. The summed E-state index contributed by atoms with van der Waals surface area (Å²) >= 11 is 0. The summed E-state index contributed by atoms with van der Waals surface area (Å²) in [6.45, 7) is 3.47. The fourth-order valence-corrected chi connectivity index (χ4v) is 2.76. The Morgan fingerprint density at radius 3 is 2.45 bits per heavy atom. The van der Waals surface area contributed by atoms with Crippen molar-refractivity contribution in [2.45, 2.75) is 25.9 Å². The van der Waals surface area contributed by atoms with E-state index in [1.807, 2.05) is 43.3 Å². The van der Waals surface area contributed by atoms with Gasteiger partial charge in [0.25, 0.3) is 0 Å². The topological polar surface area (TPSA) is 64.1 Å². The van der Waals surface area contributed by atoms with Gasteiger partial charge in [-0.3, -0.25) is 4.99 Å². The van der Waals surface area contributed by atoms with Gasteiger partial charge in [0, 0.05) is 13.6 Å². The van der Waals surface area contributed by atoms with Crippen LogP contribution in [0.4, 0.5) is 0 Å². The number of halogens is 1. The summed E-state index contributed by atoms with van der Waals surface area (Å²) in [5.41, 5.74) is 1.27. The molecule has 0 amide bonds. The lowest BCUT2D eigenvalue weighted by Gasteiger charge is -2.19. The first-order valence-electron chi connectivity index (χ1n) is 9.53. The van der Waals surface area contributed by atoms with E-state index in [0.717, 1.165) is 42.6 Å². The molecule has 7 heteroatoms. The number of benzene rings is 2. The largest absolute Gasteiger partial charge is 0.497 e. The van der Waals surface area contributed by atoms with Crippen LogP contribution in [0, 0.1) is 0 Å². The maximum absolute atomic E-state index is 5.95. The number of aliphatic imine (C=N–C) groups is 1. The number of para-hydroxylation sites is 2. The number of hydrogen-bond donors (Lipinski definition) is 2. The molecule has 2 rings (SSSR count). The van der Waals surface area contributed by atoms with Crippen molar-refractivity contribution in [1.29, 1.82) is 0 Å². The zero-order valence-corrected chi connectivity index (χ0v) is 19.9. The number of rotatable bonds is 10. The Morgan fingerprint density at radius 2 is 1.76 bits per heavy atom. The molecule has 2 N–H and O–H groups in total. The van der Waals surface area contributed by atoms with Crippen molar-refractivity contribution in [1.82, 2.24) is 10.6 Å². The smallest absolute Gasteiger partial charge is 0.191 e. The molecule has 0 aliphatic carbocycles. The predicted octanol–water partition coefficient (Wildman–Crippen LogP) is 3.89. The highest BCUT2D eigenvalue weighted by Crippen LogP contribution is 2.26. The predicted molar refractivity (Wildman–Crippen MR) is 129 cm³/mol. The van der Waals surface area contributed by atoms with Crippen molar-refractivity contribution < 1.29 is 14.2 Å². The van der Waals surface area contributed by atoms with Crippen molar-refractivity contribution in [2.24, 2.45) is 4.99 Å². The zero-order valence-electron chi connectivity index (χ0n) is 17.6. The maximum atomic E-state index is 5.95. The molecular formula is C22H32IN3O3. The monoisotopic (exact) mass is 513 g/mol. The zero-order chi connectivity index (χ0) is 20.2. The summed E-state index contributed by atoms with van der Waals surface area (Å²) in [5, 5.41) is 6.63. The number of nitrogens with zero attached hydrogens (tertiary/aromatic N) is 1.